The lowest BCUT2D eigenvalue weighted by molar-refractivity contribution is -0.141. The molecule has 0 saturated heterocycles. The van der Waals surface area contributed by atoms with Crippen LogP contribution in [0.1, 0.15) is 0 Å². The fourth-order valence-electron chi connectivity index (χ4n) is 3.42. The first-order valence-corrected chi connectivity index (χ1v) is 10.5. The zero-order valence-corrected chi connectivity index (χ0v) is 19.1. The molecule has 4 aromatic rings. The summed E-state index contributed by atoms with van der Waals surface area (Å²) < 4.78 is 15.9. The van der Waals surface area contributed by atoms with E-state index in [9.17, 15) is 19.2 Å². The third kappa shape index (κ3) is 3.86. The first-order chi connectivity index (χ1) is 15.7. The number of fused-ring (bicyclic) bond motifs is 2. The predicted molar refractivity (Wildman–Crippen MR) is 119 cm³/mol. The van der Waals surface area contributed by atoms with E-state index in [1.54, 1.807) is 29.9 Å². The van der Waals surface area contributed by atoms with Crippen molar-refractivity contribution in [2.45, 2.75) is 13.1 Å². The maximum atomic E-state index is 12.8. The summed E-state index contributed by atoms with van der Waals surface area (Å²) in [6, 6.07) is 5.29. The summed E-state index contributed by atoms with van der Waals surface area (Å²) in [7, 11) is 5.67. The molecule has 0 aliphatic carbocycles. The van der Waals surface area contributed by atoms with Gasteiger partial charge >= 0.3 is 11.7 Å². The largest absolute Gasteiger partial charge is 0.497 e. The molecule has 0 atom stereocenters. The number of imidazole rings is 1. The van der Waals surface area contributed by atoms with Gasteiger partial charge in [0.1, 0.15) is 18.8 Å². The fourth-order valence-corrected chi connectivity index (χ4v) is 4.49. The van der Waals surface area contributed by atoms with Gasteiger partial charge in [-0.1, -0.05) is 11.3 Å². The van der Waals surface area contributed by atoms with Gasteiger partial charge in [0.05, 0.1) is 30.8 Å². The van der Waals surface area contributed by atoms with Crippen molar-refractivity contribution < 1.29 is 19.1 Å². The molecule has 0 unspecified atom stereocenters. The highest BCUT2D eigenvalue weighted by molar-refractivity contribution is 7.16. The summed E-state index contributed by atoms with van der Waals surface area (Å²) in [6.07, 6.45) is 1.32. The number of rotatable bonds is 5. The van der Waals surface area contributed by atoms with Crippen molar-refractivity contribution in [2.24, 2.45) is 19.1 Å². The van der Waals surface area contributed by atoms with Crippen LogP contribution in [0.2, 0.25) is 0 Å². The van der Waals surface area contributed by atoms with Crippen LogP contribution in [-0.4, -0.2) is 49.3 Å². The number of thiazole rings is 1. The molecule has 3 heterocycles. The normalized spacial score (nSPS) is 11.9. The number of methoxy groups -OCH3 is 2. The first kappa shape index (κ1) is 22.2. The molecule has 33 heavy (non-hydrogen) atoms. The van der Waals surface area contributed by atoms with Crippen molar-refractivity contribution in [2.75, 3.05) is 14.2 Å². The van der Waals surface area contributed by atoms with Gasteiger partial charge in [-0.2, -0.15) is 4.99 Å². The molecule has 0 aliphatic rings. The molecular weight excluding hydrogens is 452 g/mol. The summed E-state index contributed by atoms with van der Waals surface area (Å²) in [4.78, 5) is 58.1. The molecule has 172 valence electrons. The van der Waals surface area contributed by atoms with E-state index in [0.29, 0.717) is 16.1 Å². The molecular formula is C20H20N6O6S. The Hall–Kier alpha value is -4.00. The van der Waals surface area contributed by atoms with Gasteiger partial charge in [-0.05, 0) is 18.2 Å². The molecule has 0 fully saturated rings. The highest BCUT2D eigenvalue weighted by atomic mass is 32.1. The molecule has 0 radical (unpaired) electrons. The minimum Gasteiger partial charge on any atom is -0.497 e. The van der Waals surface area contributed by atoms with E-state index >= 15 is 0 Å². The Bertz CT molecular complexity index is 1600. The first-order valence-electron chi connectivity index (χ1n) is 9.67. The van der Waals surface area contributed by atoms with Gasteiger partial charge in [-0.3, -0.25) is 23.5 Å². The number of esters is 1. The highest BCUT2D eigenvalue weighted by Gasteiger charge is 2.17. The van der Waals surface area contributed by atoms with Gasteiger partial charge in [0.15, 0.2) is 16.0 Å². The highest BCUT2D eigenvalue weighted by Crippen LogP contribution is 2.23. The number of benzene rings is 1. The number of hydrogen-bond donors (Lipinski definition) is 0. The molecule has 3 aromatic heterocycles. The minimum absolute atomic E-state index is 0.117. The van der Waals surface area contributed by atoms with E-state index in [1.807, 2.05) is 0 Å². The quantitative estimate of drug-likeness (QED) is 0.366. The number of aromatic nitrogens is 5. The number of ether oxygens (including phenoxy) is 2. The summed E-state index contributed by atoms with van der Waals surface area (Å²) in [5.74, 6) is -0.440. The lowest BCUT2D eigenvalue weighted by Gasteiger charge is -2.05. The van der Waals surface area contributed by atoms with Crippen molar-refractivity contribution in [3.63, 3.8) is 0 Å². The molecule has 0 aliphatic heterocycles. The Balaban J connectivity index is 1.80. The average Bonchev–Trinajstić information content (AvgIpc) is 3.36. The van der Waals surface area contributed by atoms with E-state index in [4.69, 9.17) is 9.47 Å². The van der Waals surface area contributed by atoms with Gasteiger partial charge in [0.2, 0.25) is 0 Å². The average molecular weight is 472 g/mol. The van der Waals surface area contributed by atoms with Crippen LogP contribution < -0.4 is 20.8 Å². The third-order valence-electron chi connectivity index (χ3n) is 5.15. The topological polar surface area (TPSA) is 132 Å². The Morgan fingerprint density at radius 3 is 2.58 bits per heavy atom. The van der Waals surface area contributed by atoms with E-state index in [0.717, 1.165) is 9.27 Å². The Kier molecular flexibility index (Phi) is 5.72. The summed E-state index contributed by atoms with van der Waals surface area (Å²) in [5.41, 5.74) is -0.0987. The lowest BCUT2D eigenvalue weighted by Crippen LogP contribution is -2.37. The number of carbonyl (C=O) groups excluding carboxylic acids is 2. The van der Waals surface area contributed by atoms with Crippen molar-refractivity contribution in [3.05, 3.63) is 50.2 Å². The van der Waals surface area contributed by atoms with Crippen molar-refractivity contribution in [3.8, 4) is 5.75 Å². The monoisotopic (exact) mass is 472 g/mol. The second-order valence-corrected chi connectivity index (χ2v) is 8.15. The fraction of sp³-hybridized carbons (Fsp3) is 0.300. The third-order valence-corrected chi connectivity index (χ3v) is 6.19. The SMILES string of the molecule is COC(=O)Cn1c(=NC(=O)Cn2cnc3c2c(=O)n(C)c(=O)n3C)sc2cc(OC)ccc21. The van der Waals surface area contributed by atoms with E-state index < -0.39 is 23.1 Å². The van der Waals surface area contributed by atoms with Crippen LogP contribution in [0.5, 0.6) is 5.75 Å². The second-order valence-electron chi connectivity index (χ2n) is 7.14. The van der Waals surface area contributed by atoms with Crippen LogP contribution in [0, 0.1) is 0 Å². The zero-order chi connectivity index (χ0) is 23.9. The van der Waals surface area contributed by atoms with Crippen molar-refractivity contribution in [1.29, 1.82) is 0 Å². The Labute approximate surface area is 189 Å². The van der Waals surface area contributed by atoms with Crippen LogP contribution in [0.4, 0.5) is 0 Å². The molecule has 0 saturated carbocycles. The molecule has 0 spiro atoms. The number of hydrogen-bond acceptors (Lipinski definition) is 8. The van der Waals surface area contributed by atoms with Crippen LogP contribution >= 0.6 is 11.3 Å². The molecule has 1 amide bonds. The van der Waals surface area contributed by atoms with Gasteiger partial charge in [0, 0.05) is 14.1 Å². The van der Waals surface area contributed by atoms with Crippen LogP contribution in [0.25, 0.3) is 21.4 Å². The van der Waals surface area contributed by atoms with E-state index in [-0.39, 0.29) is 24.3 Å². The molecule has 13 heteroatoms. The number of carbonyl (C=O) groups is 2. The molecule has 12 nitrogen and oxygen atoms in total. The molecule has 4 rings (SSSR count). The Morgan fingerprint density at radius 2 is 1.88 bits per heavy atom. The second kappa shape index (κ2) is 8.50. The van der Waals surface area contributed by atoms with E-state index in [1.165, 1.54) is 48.0 Å². The Morgan fingerprint density at radius 1 is 1.12 bits per heavy atom. The van der Waals surface area contributed by atoms with Crippen LogP contribution in [-0.2, 0) is 41.5 Å². The summed E-state index contributed by atoms with van der Waals surface area (Å²) in [6.45, 7) is -0.411. The lowest BCUT2D eigenvalue weighted by atomic mass is 10.3. The van der Waals surface area contributed by atoms with Crippen LogP contribution in [0.3, 0.4) is 0 Å². The standard InChI is InChI=1S/C20H20N6O6S/c1-23-17-16(18(29)24(2)20(23)30)25(10-21-17)8-14(27)22-19-26(9-15(28)32-4)12-6-5-11(31-3)7-13(12)33-19/h5-7,10H,8-9H2,1-4H3. The summed E-state index contributed by atoms with van der Waals surface area (Å²) >= 11 is 1.21. The molecule has 1 aromatic carbocycles. The van der Waals surface area contributed by atoms with Gasteiger partial charge < -0.3 is 18.6 Å². The maximum absolute atomic E-state index is 12.8. The minimum atomic E-state index is -0.567. The van der Waals surface area contributed by atoms with Crippen LogP contribution in [0.15, 0.2) is 39.1 Å². The maximum Gasteiger partial charge on any atom is 0.332 e. The number of aryl methyl sites for hydroxylation is 1. The van der Waals surface area contributed by atoms with Gasteiger partial charge in [-0.25, -0.2) is 9.78 Å². The number of amides is 1. The van der Waals surface area contributed by atoms with E-state index in [2.05, 4.69) is 9.98 Å². The smallest absolute Gasteiger partial charge is 0.332 e. The van der Waals surface area contributed by atoms with Crippen molar-refractivity contribution in [1.82, 2.24) is 23.3 Å². The van der Waals surface area contributed by atoms with Gasteiger partial charge in [0.25, 0.3) is 11.5 Å². The summed E-state index contributed by atoms with van der Waals surface area (Å²) in [5, 5.41) is 0. The molecule has 0 N–H and O–H groups in total. The molecule has 0 bridgehead atoms. The van der Waals surface area contributed by atoms with Gasteiger partial charge in [-0.15, -0.1) is 0 Å². The van der Waals surface area contributed by atoms with Crippen molar-refractivity contribution >= 4 is 44.6 Å². The number of nitrogens with zero attached hydrogens (tertiary/aromatic N) is 6. The predicted octanol–water partition coefficient (Wildman–Crippen LogP) is -0.241. The zero-order valence-electron chi connectivity index (χ0n) is 18.3.